The number of amides is 2. The second kappa shape index (κ2) is 11.4. The Morgan fingerprint density at radius 3 is 2.05 bits per heavy atom. The van der Waals surface area contributed by atoms with E-state index in [1.807, 2.05) is 57.2 Å². The Labute approximate surface area is 245 Å². The van der Waals surface area contributed by atoms with Crippen LogP contribution in [0.4, 0.5) is 5.69 Å². The average molecular weight is 580 g/mol. The van der Waals surface area contributed by atoms with Gasteiger partial charge in [0.15, 0.2) is 0 Å². The van der Waals surface area contributed by atoms with Crippen molar-refractivity contribution in [3.05, 3.63) is 65.2 Å². The number of nitrogens with one attached hydrogen (secondary N) is 1. The Morgan fingerprint density at radius 2 is 1.54 bits per heavy atom. The van der Waals surface area contributed by atoms with Crippen LogP contribution in [0.3, 0.4) is 0 Å². The first kappa shape index (κ1) is 29.6. The number of carbonyl (C=O) groups is 2. The lowest BCUT2D eigenvalue weighted by molar-refractivity contribution is -0.139. The number of hydrogen-bond donors (Lipinski definition) is 1. The Hall–Kier alpha value is -2.87. The van der Waals surface area contributed by atoms with Crippen LogP contribution >= 0.6 is 0 Å². The van der Waals surface area contributed by atoms with Gasteiger partial charge in [0.05, 0.1) is 11.9 Å². The first-order valence-electron chi connectivity index (χ1n) is 15.1. The molecule has 4 aliphatic rings. The quantitative estimate of drug-likeness (QED) is 0.421. The van der Waals surface area contributed by atoms with Crippen LogP contribution < -0.4 is 9.62 Å². The van der Waals surface area contributed by atoms with E-state index in [-0.39, 0.29) is 30.5 Å². The fourth-order valence-electron chi connectivity index (χ4n) is 8.05. The van der Waals surface area contributed by atoms with Crippen LogP contribution in [0.5, 0.6) is 0 Å². The lowest BCUT2D eigenvalue weighted by Gasteiger charge is -2.57. The predicted molar refractivity (Wildman–Crippen MR) is 163 cm³/mol. The molecule has 222 valence electrons. The average Bonchev–Trinajstić information content (AvgIpc) is 2.88. The standard InChI is InChI=1S/C33H45N3O4S/c1-22(2)34-32(38)24(4)35(20-25-8-6-7-23(3)13-25)31(37)21-36(41(5,39)40)30-11-9-29(10-12-30)33-17-26-14-27(18-33)16-28(15-26)19-33/h6-13,22,24,26-28H,14-21H2,1-5H3,(H,34,38)/t24-,26?,27?,28?,33?/m1/s1. The molecule has 8 heteroatoms. The third kappa shape index (κ3) is 6.47. The first-order valence-corrected chi connectivity index (χ1v) is 16.9. The molecule has 1 atom stereocenters. The van der Waals surface area contributed by atoms with E-state index in [9.17, 15) is 18.0 Å². The molecule has 2 amide bonds. The topological polar surface area (TPSA) is 86.8 Å². The van der Waals surface area contributed by atoms with Crippen molar-refractivity contribution >= 4 is 27.5 Å². The molecule has 2 aromatic carbocycles. The number of rotatable bonds is 10. The van der Waals surface area contributed by atoms with E-state index in [1.54, 1.807) is 6.92 Å². The normalized spacial score (nSPS) is 25.7. The maximum absolute atomic E-state index is 13.8. The third-order valence-electron chi connectivity index (χ3n) is 9.52. The van der Waals surface area contributed by atoms with Crippen molar-refractivity contribution in [1.29, 1.82) is 0 Å². The van der Waals surface area contributed by atoms with E-state index in [1.165, 1.54) is 53.3 Å². The number of nitrogens with zero attached hydrogens (tertiary/aromatic N) is 2. The van der Waals surface area contributed by atoms with Gasteiger partial charge in [0.1, 0.15) is 12.6 Å². The molecule has 4 aliphatic carbocycles. The lowest BCUT2D eigenvalue weighted by Crippen LogP contribution is -2.52. The van der Waals surface area contributed by atoms with Crippen LogP contribution in [0, 0.1) is 24.7 Å². The van der Waals surface area contributed by atoms with Crippen molar-refractivity contribution in [2.24, 2.45) is 17.8 Å². The van der Waals surface area contributed by atoms with Crippen LogP contribution in [0.25, 0.3) is 0 Å². The summed E-state index contributed by atoms with van der Waals surface area (Å²) in [5.41, 5.74) is 3.92. The van der Waals surface area contributed by atoms with Crippen LogP contribution in [0.1, 0.15) is 76.0 Å². The molecular formula is C33H45N3O4S. The molecule has 7 nitrogen and oxygen atoms in total. The van der Waals surface area contributed by atoms with E-state index < -0.39 is 22.0 Å². The summed E-state index contributed by atoms with van der Waals surface area (Å²) in [5.74, 6) is 1.77. The maximum atomic E-state index is 13.8. The van der Waals surface area contributed by atoms with Crippen LogP contribution in [0.15, 0.2) is 48.5 Å². The van der Waals surface area contributed by atoms with Gasteiger partial charge in [0.25, 0.3) is 0 Å². The van der Waals surface area contributed by atoms with Gasteiger partial charge in [-0.15, -0.1) is 0 Å². The highest BCUT2D eigenvalue weighted by Crippen LogP contribution is 2.60. The lowest BCUT2D eigenvalue weighted by atomic mass is 9.48. The predicted octanol–water partition coefficient (Wildman–Crippen LogP) is 5.17. The highest BCUT2D eigenvalue weighted by Gasteiger charge is 2.51. The summed E-state index contributed by atoms with van der Waals surface area (Å²) in [6.07, 6.45) is 8.94. The molecule has 1 N–H and O–H groups in total. The Bertz CT molecular complexity index is 1350. The largest absolute Gasteiger partial charge is 0.352 e. The number of anilines is 1. The Morgan fingerprint density at radius 1 is 0.951 bits per heavy atom. The number of hydrogen-bond acceptors (Lipinski definition) is 4. The second-order valence-corrected chi connectivity index (χ2v) is 15.3. The number of carbonyl (C=O) groups excluding carboxylic acids is 2. The fraction of sp³-hybridized carbons (Fsp3) is 0.576. The number of benzene rings is 2. The Balaban J connectivity index is 1.39. The molecule has 0 saturated heterocycles. The molecule has 2 aromatic rings. The van der Waals surface area contributed by atoms with E-state index >= 15 is 0 Å². The van der Waals surface area contributed by atoms with Crippen molar-refractivity contribution in [3.8, 4) is 0 Å². The summed E-state index contributed by atoms with van der Waals surface area (Å²) >= 11 is 0. The summed E-state index contributed by atoms with van der Waals surface area (Å²) in [6, 6.07) is 14.8. The molecule has 0 spiro atoms. The van der Waals surface area contributed by atoms with Gasteiger partial charge in [0, 0.05) is 12.6 Å². The van der Waals surface area contributed by atoms with Crippen molar-refractivity contribution in [1.82, 2.24) is 10.2 Å². The van der Waals surface area contributed by atoms with Crippen molar-refractivity contribution in [2.45, 2.75) is 90.3 Å². The second-order valence-electron chi connectivity index (χ2n) is 13.4. The van der Waals surface area contributed by atoms with Gasteiger partial charge in [-0.1, -0.05) is 42.0 Å². The fourth-order valence-corrected chi connectivity index (χ4v) is 8.90. The zero-order chi connectivity index (χ0) is 29.5. The minimum Gasteiger partial charge on any atom is -0.352 e. The summed E-state index contributed by atoms with van der Waals surface area (Å²) in [7, 11) is -3.76. The van der Waals surface area contributed by atoms with Gasteiger partial charge in [-0.05, 0) is 113 Å². The number of sulfonamides is 1. The summed E-state index contributed by atoms with van der Waals surface area (Å²) in [4.78, 5) is 28.3. The minimum atomic E-state index is -3.76. The molecule has 4 bridgehead atoms. The molecule has 4 saturated carbocycles. The third-order valence-corrected chi connectivity index (χ3v) is 10.7. The zero-order valence-corrected chi connectivity index (χ0v) is 25.9. The molecule has 0 aliphatic heterocycles. The molecule has 6 rings (SSSR count). The van der Waals surface area contributed by atoms with E-state index in [2.05, 4.69) is 17.4 Å². The van der Waals surface area contributed by atoms with Crippen molar-refractivity contribution < 1.29 is 18.0 Å². The zero-order valence-electron chi connectivity index (χ0n) is 25.1. The van der Waals surface area contributed by atoms with Crippen LogP contribution in [0.2, 0.25) is 0 Å². The summed E-state index contributed by atoms with van der Waals surface area (Å²) in [5, 5.41) is 2.89. The van der Waals surface area contributed by atoms with Gasteiger partial charge in [0.2, 0.25) is 21.8 Å². The highest BCUT2D eigenvalue weighted by atomic mass is 32.2. The van der Waals surface area contributed by atoms with Crippen molar-refractivity contribution in [2.75, 3.05) is 17.1 Å². The first-order chi connectivity index (χ1) is 19.3. The van der Waals surface area contributed by atoms with E-state index in [4.69, 9.17) is 0 Å². The Kier molecular flexibility index (Phi) is 8.25. The minimum absolute atomic E-state index is 0.0825. The molecule has 0 heterocycles. The summed E-state index contributed by atoms with van der Waals surface area (Å²) in [6.45, 7) is 7.24. The molecule has 0 radical (unpaired) electrons. The molecule has 41 heavy (non-hydrogen) atoms. The maximum Gasteiger partial charge on any atom is 0.244 e. The van der Waals surface area contributed by atoms with Crippen molar-refractivity contribution in [3.63, 3.8) is 0 Å². The van der Waals surface area contributed by atoms with Gasteiger partial charge in [-0.3, -0.25) is 13.9 Å². The van der Waals surface area contributed by atoms with E-state index in [0.29, 0.717) is 5.69 Å². The molecular weight excluding hydrogens is 534 g/mol. The SMILES string of the molecule is Cc1cccc(CN(C(=O)CN(c2ccc(C34CC5CC(CC(C5)C3)C4)cc2)S(C)(=O)=O)[C@H](C)C(=O)NC(C)C)c1. The molecule has 4 fully saturated rings. The van der Waals surface area contributed by atoms with Gasteiger partial charge in [-0.25, -0.2) is 8.42 Å². The highest BCUT2D eigenvalue weighted by molar-refractivity contribution is 7.92. The van der Waals surface area contributed by atoms with Gasteiger partial charge < -0.3 is 10.2 Å². The van der Waals surface area contributed by atoms with Crippen LogP contribution in [-0.2, 0) is 31.6 Å². The number of aryl methyl sites for hydroxylation is 1. The smallest absolute Gasteiger partial charge is 0.244 e. The molecule has 0 aromatic heterocycles. The van der Waals surface area contributed by atoms with E-state index in [0.717, 1.165) is 35.1 Å². The van der Waals surface area contributed by atoms with Crippen LogP contribution in [-0.4, -0.2) is 50.0 Å². The monoisotopic (exact) mass is 579 g/mol. The van der Waals surface area contributed by atoms with Gasteiger partial charge in [-0.2, -0.15) is 0 Å². The van der Waals surface area contributed by atoms with Gasteiger partial charge >= 0.3 is 0 Å². The molecule has 0 unspecified atom stereocenters. The summed E-state index contributed by atoms with van der Waals surface area (Å²) < 4.78 is 27.2.